The Labute approximate surface area is 126 Å². The summed E-state index contributed by atoms with van der Waals surface area (Å²) in [6.45, 7) is 3.38. The van der Waals surface area contributed by atoms with Crippen LogP contribution in [0.15, 0.2) is 30.3 Å². The van der Waals surface area contributed by atoms with Gasteiger partial charge in [-0.15, -0.1) is 0 Å². The van der Waals surface area contributed by atoms with E-state index in [-0.39, 0.29) is 24.4 Å². The molecule has 0 unspecified atom stereocenters. The number of unbranched alkanes of at least 4 members (excludes halogenated alkanes) is 1. The summed E-state index contributed by atoms with van der Waals surface area (Å²) in [7, 11) is 0. The van der Waals surface area contributed by atoms with Crippen LogP contribution in [-0.4, -0.2) is 29.9 Å². The highest BCUT2D eigenvalue weighted by atomic mass is 16.6. The van der Waals surface area contributed by atoms with E-state index < -0.39 is 0 Å². The molecule has 0 N–H and O–H groups in total. The molecular weight excluding hydrogens is 266 g/mol. The summed E-state index contributed by atoms with van der Waals surface area (Å²) >= 11 is 0. The average molecular weight is 289 g/mol. The van der Waals surface area contributed by atoms with Crippen LogP contribution in [0.1, 0.15) is 38.2 Å². The number of rotatable bonds is 5. The summed E-state index contributed by atoms with van der Waals surface area (Å²) in [6.07, 6.45) is 3.12. The van der Waals surface area contributed by atoms with E-state index in [2.05, 4.69) is 6.92 Å². The van der Waals surface area contributed by atoms with Crippen molar-refractivity contribution in [1.82, 2.24) is 4.90 Å². The van der Waals surface area contributed by atoms with Gasteiger partial charge in [0, 0.05) is 25.4 Å². The van der Waals surface area contributed by atoms with Gasteiger partial charge in [0.1, 0.15) is 12.4 Å². The number of amides is 1. The van der Waals surface area contributed by atoms with Gasteiger partial charge in [0.05, 0.1) is 0 Å². The number of ketones is 1. The molecule has 1 aromatic carbocycles. The highest BCUT2D eigenvalue weighted by Crippen LogP contribution is 2.19. The first-order valence-corrected chi connectivity index (χ1v) is 7.69. The van der Waals surface area contributed by atoms with E-state index in [4.69, 9.17) is 4.74 Å². The lowest BCUT2D eigenvalue weighted by Crippen LogP contribution is -2.44. The molecule has 21 heavy (non-hydrogen) atoms. The number of ether oxygens (including phenoxy) is 1. The number of hydrogen-bond donors (Lipinski definition) is 0. The van der Waals surface area contributed by atoms with Crippen LogP contribution in [0.3, 0.4) is 0 Å². The number of likely N-dealkylation sites (tertiary alicyclic amines) is 1. The molecule has 0 aliphatic carbocycles. The number of nitrogens with zero attached hydrogens (tertiary/aromatic N) is 1. The number of hydrogen-bond acceptors (Lipinski definition) is 3. The van der Waals surface area contributed by atoms with Gasteiger partial charge in [-0.1, -0.05) is 50.1 Å². The van der Waals surface area contributed by atoms with Gasteiger partial charge in [-0.3, -0.25) is 4.79 Å². The molecule has 1 atom stereocenters. The molecule has 1 heterocycles. The molecule has 2 rings (SSSR count). The number of carbonyl (C=O) groups excluding carboxylic acids is 2. The number of carbonyl (C=O) groups is 2. The Morgan fingerprint density at radius 2 is 2.10 bits per heavy atom. The van der Waals surface area contributed by atoms with Crippen LogP contribution < -0.4 is 0 Å². The zero-order valence-electron chi connectivity index (χ0n) is 12.6. The largest absolute Gasteiger partial charge is 0.445 e. The maximum Gasteiger partial charge on any atom is 0.410 e. The Hall–Kier alpha value is -1.84. The molecule has 0 aromatic heterocycles. The molecule has 114 valence electrons. The Morgan fingerprint density at radius 1 is 1.33 bits per heavy atom. The van der Waals surface area contributed by atoms with Gasteiger partial charge < -0.3 is 9.64 Å². The highest BCUT2D eigenvalue weighted by molar-refractivity contribution is 5.83. The fourth-order valence-electron chi connectivity index (χ4n) is 2.59. The Kier molecular flexibility index (Phi) is 5.78. The molecule has 1 saturated heterocycles. The van der Waals surface area contributed by atoms with Gasteiger partial charge in [0.25, 0.3) is 0 Å². The van der Waals surface area contributed by atoms with Gasteiger partial charge in [-0.05, 0) is 12.0 Å². The summed E-state index contributed by atoms with van der Waals surface area (Å²) in [4.78, 5) is 25.6. The van der Waals surface area contributed by atoms with Crippen molar-refractivity contribution in [1.29, 1.82) is 0 Å². The highest BCUT2D eigenvalue weighted by Gasteiger charge is 2.29. The lowest BCUT2D eigenvalue weighted by molar-refractivity contribution is -0.126. The maximum atomic E-state index is 12.1. The first-order valence-electron chi connectivity index (χ1n) is 7.69. The second-order valence-electron chi connectivity index (χ2n) is 5.54. The lowest BCUT2D eigenvalue weighted by Gasteiger charge is -2.31. The zero-order chi connectivity index (χ0) is 15.1. The van der Waals surface area contributed by atoms with Crippen molar-refractivity contribution < 1.29 is 14.3 Å². The van der Waals surface area contributed by atoms with Crippen molar-refractivity contribution in [3.8, 4) is 0 Å². The third kappa shape index (κ3) is 4.59. The molecular formula is C17H23NO3. The van der Waals surface area contributed by atoms with E-state index >= 15 is 0 Å². The van der Waals surface area contributed by atoms with Crippen molar-refractivity contribution in [2.75, 3.05) is 13.1 Å². The van der Waals surface area contributed by atoms with Crippen molar-refractivity contribution in [3.05, 3.63) is 35.9 Å². The van der Waals surface area contributed by atoms with Crippen LogP contribution in [0.25, 0.3) is 0 Å². The van der Waals surface area contributed by atoms with Crippen molar-refractivity contribution in [2.24, 2.45) is 5.92 Å². The minimum absolute atomic E-state index is 0.0111. The standard InChI is InChI=1S/C17H23NO3/c1-2-3-9-15-12-18(11-10-16(15)19)17(20)21-13-14-7-5-4-6-8-14/h4-8,15H,2-3,9-13H2,1H3/t15-/m0/s1. The first-order chi connectivity index (χ1) is 10.2. The van der Waals surface area contributed by atoms with Crippen LogP contribution in [0.2, 0.25) is 0 Å². The number of benzene rings is 1. The molecule has 1 aromatic rings. The SMILES string of the molecule is CCCC[C@H]1CN(C(=O)OCc2ccccc2)CCC1=O. The van der Waals surface area contributed by atoms with Crippen LogP contribution >= 0.6 is 0 Å². The average Bonchev–Trinajstić information content (AvgIpc) is 2.53. The molecule has 1 fully saturated rings. The monoisotopic (exact) mass is 289 g/mol. The van der Waals surface area contributed by atoms with E-state index in [1.165, 1.54) is 0 Å². The van der Waals surface area contributed by atoms with Gasteiger partial charge in [0.2, 0.25) is 0 Å². The van der Waals surface area contributed by atoms with Gasteiger partial charge in [-0.2, -0.15) is 0 Å². The van der Waals surface area contributed by atoms with Gasteiger partial charge in [0.15, 0.2) is 0 Å². The van der Waals surface area contributed by atoms with Crippen molar-refractivity contribution in [2.45, 2.75) is 39.2 Å². The van der Waals surface area contributed by atoms with E-state index in [0.717, 1.165) is 24.8 Å². The Bertz CT molecular complexity index is 472. The number of piperidine rings is 1. The van der Waals surface area contributed by atoms with Crippen molar-refractivity contribution >= 4 is 11.9 Å². The maximum absolute atomic E-state index is 12.1. The van der Waals surface area contributed by atoms with E-state index in [9.17, 15) is 9.59 Å². The predicted molar refractivity (Wildman–Crippen MR) is 80.8 cm³/mol. The topological polar surface area (TPSA) is 46.6 Å². The zero-order valence-corrected chi connectivity index (χ0v) is 12.6. The van der Waals surface area contributed by atoms with Crippen LogP contribution in [0, 0.1) is 5.92 Å². The second kappa shape index (κ2) is 7.81. The second-order valence-corrected chi connectivity index (χ2v) is 5.54. The van der Waals surface area contributed by atoms with E-state index in [1.54, 1.807) is 4.90 Å². The third-order valence-corrected chi connectivity index (χ3v) is 3.89. The van der Waals surface area contributed by atoms with E-state index in [0.29, 0.717) is 19.5 Å². The molecule has 0 saturated carbocycles. The Balaban J connectivity index is 1.83. The third-order valence-electron chi connectivity index (χ3n) is 3.89. The fourth-order valence-corrected chi connectivity index (χ4v) is 2.59. The molecule has 1 aliphatic heterocycles. The minimum atomic E-state index is -0.312. The summed E-state index contributed by atoms with van der Waals surface area (Å²) in [6, 6.07) is 9.63. The minimum Gasteiger partial charge on any atom is -0.445 e. The normalized spacial score (nSPS) is 18.6. The summed E-state index contributed by atoms with van der Waals surface area (Å²) in [5, 5.41) is 0. The van der Waals surface area contributed by atoms with Gasteiger partial charge in [-0.25, -0.2) is 4.79 Å². The smallest absolute Gasteiger partial charge is 0.410 e. The fraction of sp³-hybridized carbons (Fsp3) is 0.529. The molecule has 4 nitrogen and oxygen atoms in total. The Morgan fingerprint density at radius 3 is 2.81 bits per heavy atom. The van der Waals surface area contributed by atoms with Gasteiger partial charge >= 0.3 is 6.09 Å². The summed E-state index contributed by atoms with van der Waals surface area (Å²) in [5.41, 5.74) is 0.974. The first kappa shape index (κ1) is 15.5. The summed E-state index contributed by atoms with van der Waals surface area (Å²) < 4.78 is 5.33. The molecule has 0 radical (unpaired) electrons. The molecule has 1 aliphatic rings. The molecule has 0 bridgehead atoms. The molecule has 4 heteroatoms. The van der Waals surface area contributed by atoms with Crippen LogP contribution in [0.4, 0.5) is 4.79 Å². The summed E-state index contributed by atoms with van der Waals surface area (Å²) in [5.74, 6) is 0.276. The van der Waals surface area contributed by atoms with E-state index in [1.807, 2.05) is 30.3 Å². The number of Topliss-reactive ketones (excluding diaryl/α,β-unsaturated/α-hetero) is 1. The quantitative estimate of drug-likeness (QED) is 0.834. The lowest BCUT2D eigenvalue weighted by atomic mass is 9.92. The van der Waals surface area contributed by atoms with Crippen LogP contribution in [-0.2, 0) is 16.1 Å². The predicted octanol–water partition coefficient (Wildman–Crippen LogP) is 3.40. The molecule has 0 spiro atoms. The molecule has 1 amide bonds. The van der Waals surface area contributed by atoms with Crippen LogP contribution in [0.5, 0.6) is 0 Å². The van der Waals surface area contributed by atoms with Crippen molar-refractivity contribution in [3.63, 3.8) is 0 Å².